The lowest BCUT2D eigenvalue weighted by Crippen LogP contribution is -2.64. The smallest absolute Gasteiger partial charge is 0.187 e. The highest BCUT2D eigenvalue weighted by molar-refractivity contribution is 5.21. The summed E-state index contributed by atoms with van der Waals surface area (Å²) in [6.07, 6.45) is -7.25. The summed E-state index contributed by atoms with van der Waals surface area (Å²) < 4.78 is 21.8. The fraction of sp³-hybridized carbons (Fsp3) is 0.727. The highest BCUT2D eigenvalue weighted by Crippen LogP contribution is 2.29. The number of hydrogen-bond acceptors (Lipinski definition) is 11. The number of ether oxygens (including phenoxy) is 4. The van der Waals surface area contributed by atoms with Crippen LogP contribution in [0.3, 0.4) is 0 Å². The molecule has 0 radical (unpaired) electrons. The Morgan fingerprint density at radius 1 is 0.788 bits per heavy atom. The summed E-state index contributed by atoms with van der Waals surface area (Å²) in [4.78, 5) is 0. The van der Waals surface area contributed by atoms with Crippen LogP contribution in [0.4, 0.5) is 0 Å². The molecule has 33 heavy (non-hydrogen) atoms. The van der Waals surface area contributed by atoms with Crippen molar-refractivity contribution < 1.29 is 54.7 Å². The molecule has 0 aromatic carbocycles. The Kier molecular flexibility index (Phi) is 11.1. The Morgan fingerprint density at radius 3 is 2.00 bits per heavy atom. The summed E-state index contributed by atoms with van der Waals surface area (Å²) in [5.74, 6) is 0. The molecule has 0 bridgehead atoms. The van der Waals surface area contributed by atoms with Gasteiger partial charge in [-0.25, -0.2) is 0 Å². The number of aliphatic hydroxyl groups is 7. The van der Waals surface area contributed by atoms with Crippen LogP contribution in [0.15, 0.2) is 35.5 Å². The SMILES string of the molecule is CC(C)=C/C=C/C(C)=C/COC1O[C@H](CO)[C@@H](OC2O[C@H](CO)[C@@H](O)[C@H](O)[C@H]2O)[C@H](O)[C@H]1O. The van der Waals surface area contributed by atoms with E-state index in [0.29, 0.717) is 0 Å². The van der Waals surface area contributed by atoms with E-state index in [2.05, 4.69) is 0 Å². The Bertz CT molecular complexity index is 686. The predicted molar refractivity (Wildman–Crippen MR) is 115 cm³/mol. The molecule has 0 aromatic heterocycles. The van der Waals surface area contributed by atoms with Gasteiger partial charge in [0.15, 0.2) is 12.6 Å². The van der Waals surface area contributed by atoms with Crippen molar-refractivity contribution in [3.05, 3.63) is 35.5 Å². The van der Waals surface area contributed by atoms with Crippen LogP contribution >= 0.6 is 0 Å². The second kappa shape index (κ2) is 13.0. The average molecular weight is 477 g/mol. The molecule has 0 amide bonds. The minimum Gasteiger partial charge on any atom is -0.394 e. The van der Waals surface area contributed by atoms with Crippen molar-refractivity contribution in [3.8, 4) is 0 Å². The van der Waals surface area contributed by atoms with Gasteiger partial charge in [-0.15, -0.1) is 0 Å². The Hall–Kier alpha value is -1.22. The first-order valence-electron chi connectivity index (χ1n) is 10.8. The minimum atomic E-state index is -1.71. The van der Waals surface area contributed by atoms with Gasteiger partial charge in [0.25, 0.3) is 0 Å². The summed E-state index contributed by atoms with van der Waals surface area (Å²) in [5, 5.41) is 69.9. The molecular formula is C22H36O11. The zero-order chi connectivity index (χ0) is 24.7. The van der Waals surface area contributed by atoms with E-state index in [0.717, 1.165) is 11.1 Å². The molecule has 2 aliphatic heterocycles. The molecule has 11 heteroatoms. The van der Waals surface area contributed by atoms with Gasteiger partial charge in [0.05, 0.1) is 19.8 Å². The monoisotopic (exact) mass is 476 g/mol. The molecule has 0 spiro atoms. The van der Waals surface area contributed by atoms with Crippen LogP contribution in [0.25, 0.3) is 0 Å². The highest BCUT2D eigenvalue weighted by Gasteiger charge is 2.50. The summed E-state index contributed by atoms with van der Waals surface area (Å²) in [5.41, 5.74) is 2.06. The van der Waals surface area contributed by atoms with Crippen LogP contribution in [0, 0.1) is 0 Å². The fourth-order valence-corrected chi connectivity index (χ4v) is 3.43. The van der Waals surface area contributed by atoms with Crippen molar-refractivity contribution >= 4 is 0 Å². The van der Waals surface area contributed by atoms with Crippen LogP contribution < -0.4 is 0 Å². The molecule has 2 unspecified atom stereocenters. The van der Waals surface area contributed by atoms with E-state index in [-0.39, 0.29) is 6.61 Å². The van der Waals surface area contributed by atoms with Gasteiger partial charge < -0.3 is 54.7 Å². The maximum atomic E-state index is 10.6. The van der Waals surface area contributed by atoms with Crippen LogP contribution in [-0.4, -0.2) is 117 Å². The summed E-state index contributed by atoms with van der Waals surface area (Å²) in [6.45, 7) is 4.61. The molecule has 2 saturated heterocycles. The van der Waals surface area contributed by atoms with E-state index in [1.54, 1.807) is 6.08 Å². The van der Waals surface area contributed by atoms with Crippen LogP contribution in [-0.2, 0) is 18.9 Å². The van der Waals surface area contributed by atoms with Gasteiger partial charge in [-0.2, -0.15) is 0 Å². The Balaban J connectivity index is 2.00. The topological polar surface area (TPSA) is 179 Å². The van der Waals surface area contributed by atoms with Gasteiger partial charge in [0.1, 0.15) is 48.8 Å². The molecule has 7 N–H and O–H groups in total. The van der Waals surface area contributed by atoms with Crippen molar-refractivity contribution in [3.63, 3.8) is 0 Å². The largest absolute Gasteiger partial charge is 0.394 e. The van der Waals surface area contributed by atoms with Crippen LogP contribution in [0.5, 0.6) is 0 Å². The van der Waals surface area contributed by atoms with E-state index in [9.17, 15) is 35.7 Å². The van der Waals surface area contributed by atoms with Crippen LogP contribution in [0.1, 0.15) is 20.8 Å². The predicted octanol–water partition coefficient (Wildman–Crippen LogP) is -1.90. The van der Waals surface area contributed by atoms with Crippen molar-refractivity contribution in [2.75, 3.05) is 19.8 Å². The Labute approximate surface area is 192 Å². The fourth-order valence-electron chi connectivity index (χ4n) is 3.43. The normalized spacial score (nSPS) is 40.2. The van der Waals surface area contributed by atoms with Gasteiger partial charge in [0.2, 0.25) is 0 Å². The van der Waals surface area contributed by atoms with E-state index in [1.807, 2.05) is 39.0 Å². The maximum absolute atomic E-state index is 10.6. The third-order valence-electron chi connectivity index (χ3n) is 5.41. The first kappa shape index (κ1) is 28.0. The second-order valence-electron chi connectivity index (χ2n) is 8.39. The molecular weight excluding hydrogens is 440 g/mol. The van der Waals surface area contributed by atoms with Gasteiger partial charge in [-0.05, 0) is 20.8 Å². The molecule has 2 aliphatic rings. The number of allylic oxidation sites excluding steroid dienone is 5. The Morgan fingerprint density at radius 2 is 1.39 bits per heavy atom. The molecule has 0 saturated carbocycles. The summed E-state index contributed by atoms with van der Waals surface area (Å²) >= 11 is 0. The van der Waals surface area contributed by atoms with E-state index in [1.165, 1.54) is 0 Å². The van der Waals surface area contributed by atoms with E-state index in [4.69, 9.17) is 18.9 Å². The van der Waals surface area contributed by atoms with Gasteiger partial charge in [-0.1, -0.05) is 35.5 Å². The lowest BCUT2D eigenvalue weighted by atomic mass is 9.97. The molecule has 0 aromatic rings. The van der Waals surface area contributed by atoms with Gasteiger partial charge in [0, 0.05) is 0 Å². The number of hydrogen-bond donors (Lipinski definition) is 7. The number of rotatable bonds is 9. The quantitative estimate of drug-likeness (QED) is 0.185. The third kappa shape index (κ3) is 7.38. The molecule has 10 atom stereocenters. The van der Waals surface area contributed by atoms with Crippen molar-refractivity contribution in [2.45, 2.75) is 82.2 Å². The zero-order valence-electron chi connectivity index (χ0n) is 19.0. The average Bonchev–Trinajstić information content (AvgIpc) is 2.78. The van der Waals surface area contributed by atoms with Crippen molar-refractivity contribution in [1.82, 2.24) is 0 Å². The first-order valence-corrected chi connectivity index (χ1v) is 10.8. The molecule has 2 rings (SSSR count). The number of aliphatic hydroxyl groups excluding tert-OH is 7. The van der Waals surface area contributed by atoms with Crippen molar-refractivity contribution in [2.24, 2.45) is 0 Å². The minimum absolute atomic E-state index is 0.0653. The summed E-state index contributed by atoms with van der Waals surface area (Å²) in [7, 11) is 0. The molecule has 2 heterocycles. The third-order valence-corrected chi connectivity index (χ3v) is 5.41. The molecule has 0 aliphatic carbocycles. The van der Waals surface area contributed by atoms with E-state index < -0.39 is 74.6 Å². The lowest BCUT2D eigenvalue weighted by molar-refractivity contribution is -0.358. The standard InChI is InChI=1S/C22H36O11/c1-11(2)5-4-6-12(3)7-8-30-21-19(29)17(27)20(14(10-24)32-21)33-22-18(28)16(26)15(25)13(9-23)31-22/h4-7,13-29H,8-10H2,1-3H3/b6-4+,12-7+/t13-,14-,15-,16+,17-,18-,19-,20-,21?,22?/m1/s1. The first-order chi connectivity index (χ1) is 15.6. The van der Waals surface area contributed by atoms with Crippen molar-refractivity contribution in [1.29, 1.82) is 0 Å². The molecule has 190 valence electrons. The zero-order valence-corrected chi connectivity index (χ0v) is 19.0. The maximum Gasteiger partial charge on any atom is 0.187 e. The van der Waals surface area contributed by atoms with Gasteiger partial charge in [-0.3, -0.25) is 0 Å². The highest BCUT2D eigenvalue weighted by atomic mass is 16.7. The van der Waals surface area contributed by atoms with E-state index >= 15 is 0 Å². The molecule has 2 fully saturated rings. The molecule has 11 nitrogen and oxygen atoms in total. The lowest BCUT2D eigenvalue weighted by Gasteiger charge is -2.45. The summed E-state index contributed by atoms with van der Waals surface area (Å²) in [6, 6.07) is 0. The van der Waals surface area contributed by atoms with Gasteiger partial charge >= 0.3 is 0 Å². The van der Waals surface area contributed by atoms with Crippen LogP contribution in [0.2, 0.25) is 0 Å². The second-order valence-corrected chi connectivity index (χ2v) is 8.39.